The zero-order chi connectivity index (χ0) is 87.9. The zero-order valence-electron chi connectivity index (χ0n) is 80.8. The summed E-state index contributed by atoms with van der Waals surface area (Å²) in [6.45, 7) is 89.7. The fraction of sp³-hybridized carbons (Fsp3) is 0.926. The van der Waals surface area contributed by atoms with Crippen molar-refractivity contribution in [1.29, 1.82) is 0 Å². The molecule has 0 heterocycles. The van der Waals surface area contributed by atoms with Crippen molar-refractivity contribution in [3.63, 3.8) is 0 Å². The second kappa shape index (κ2) is 62.5. The molecule has 660 valence electrons. The molecule has 0 aromatic rings. The number of rotatable bonds is 29. The number of hydrogen-bond donors (Lipinski definition) is 0. The largest absolute Gasteiger partial charge is 0.466 e. The summed E-state index contributed by atoms with van der Waals surface area (Å²) in [7, 11) is 0. The summed E-state index contributed by atoms with van der Waals surface area (Å²) < 4.78 is 41.5. The minimum Gasteiger partial charge on any atom is -0.466 e. The first kappa shape index (κ1) is 119. The number of hydrogen-bond acceptors (Lipinski definition) is 15. The summed E-state index contributed by atoms with van der Waals surface area (Å²) in [5.41, 5.74) is 2.72. The molecule has 2 rings (SSSR count). The smallest absolute Gasteiger partial charge is 0.332 e. The maximum atomic E-state index is 11.7. The van der Waals surface area contributed by atoms with E-state index < -0.39 is 0 Å². The SMILES string of the molecule is CC(C)(C)CCCOC(=O)C1CCCC1.CC(C)CC(=O)OC(C)CC(C)(C)C.CC(C)CC(=O)OCCC(C)(C)C.CC(C)CC(=O)OCCCC(C)(C)C.CC(CC(C)(C)C)OC(=O)C(C)C.CC(CC(C)(C)C)OC(=O)C1CCCC1.CCC(C)(C)C.CCCC(C)(C)C.CCCOCC(=O)OCC(C)(C)C. The van der Waals surface area contributed by atoms with Crippen LogP contribution in [0.1, 0.15) is 432 Å². The Hall–Kier alpha value is -3.75. The van der Waals surface area contributed by atoms with Gasteiger partial charge in [-0.05, 0) is 177 Å². The highest BCUT2D eigenvalue weighted by molar-refractivity contribution is 5.74. The highest BCUT2D eigenvalue weighted by Crippen LogP contribution is 2.31. The van der Waals surface area contributed by atoms with Crippen molar-refractivity contribution in [3.05, 3.63) is 0 Å². The molecule has 2 aliphatic rings. The van der Waals surface area contributed by atoms with E-state index >= 15 is 0 Å². The Morgan fingerprint density at radius 1 is 0.318 bits per heavy atom. The van der Waals surface area contributed by atoms with Crippen LogP contribution in [0.5, 0.6) is 0 Å². The fourth-order valence-electron chi connectivity index (χ4n) is 10.6. The summed E-state index contributed by atoms with van der Waals surface area (Å²) in [5, 5.41) is 0. The molecule has 0 saturated heterocycles. The molecule has 0 aromatic heterocycles. The van der Waals surface area contributed by atoms with Gasteiger partial charge in [-0.25, -0.2) is 4.79 Å². The Labute approximate surface area is 683 Å². The average molecular weight is 1570 g/mol. The number of carbonyl (C=O) groups excluding carboxylic acids is 7. The molecule has 0 aliphatic heterocycles. The monoisotopic (exact) mass is 1570 g/mol. The van der Waals surface area contributed by atoms with E-state index in [0.29, 0.717) is 91.7 Å². The molecule has 0 amide bonds. The van der Waals surface area contributed by atoms with E-state index in [9.17, 15) is 33.6 Å². The topological polar surface area (TPSA) is 193 Å². The van der Waals surface area contributed by atoms with Gasteiger partial charge in [0.05, 0.1) is 62.5 Å². The van der Waals surface area contributed by atoms with Crippen LogP contribution in [0.2, 0.25) is 0 Å². The molecular weight excluding hydrogens is 1380 g/mol. The molecule has 3 atom stereocenters. The molecule has 2 aliphatic carbocycles. The van der Waals surface area contributed by atoms with Gasteiger partial charge in [0.1, 0.15) is 6.61 Å². The molecule has 2 fully saturated rings. The summed E-state index contributed by atoms with van der Waals surface area (Å²) in [6, 6.07) is 0. The third kappa shape index (κ3) is 106. The van der Waals surface area contributed by atoms with Gasteiger partial charge >= 0.3 is 41.8 Å². The summed E-state index contributed by atoms with van der Waals surface area (Å²) in [4.78, 5) is 79.1. The molecule has 3 unspecified atom stereocenters. The van der Waals surface area contributed by atoms with E-state index in [1.807, 2.05) is 104 Å². The van der Waals surface area contributed by atoms with Gasteiger partial charge in [0, 0.05) is 25.9 Å². The molecule has 0 N–H and O–H groups in total. The van der Waals surface area contributed by atoms with Crippen LogP contribution in [-0.4, -0.2) is 99.7 Å². The predicted octanol–water partition coefficient (Wildman–Crippen LogP) is 27.2. The maximum Gasteiger partial charge on any atom is 0.332 e. The van der Waals surface area contributed by atoms with Crippen LogP contribution in [0.4, 0.5) is 0 Å². The molecule has 15 heteroatoms. The Morgan fingerprint density at radius 2 is 0.645 bits per heavy atom. The van der Waals surface area contributed by atoms with Crippen molar-refractivity contribution >= 4 is 41.8 Å². The van der Waals surface area contributed by atoms with Crippen molar-refractivity contribution in [3.8, 4) is 0 Å². The molecule has 0 spiro atoms. The lowest BCUT2D eigenvalue weighted by Gasteiger charge is -2.24. The standard InChI is InChI=1S/2C13H24O2.2C12H24O2.2C11H22O2.C10H20O3.C7H16.C6H14/c1-10(9-13(2,3)4)15-12(14)11-7-5-6-8-11;1-13(2,3)9-6-10-15-12(14)11-7-4-5-8-11;1-9(2)7-11(13)14-10(3)8-12(4,5)6;1-10(2)9-11(13)14-8-6-7-12(3,4)5;1-8(2)10(12)13-9(3)7-11(4,5)6;1-9(2)8-10(12)13-7-6-11(3,4)5;1-5-6-12-7-9(11)13-8-10(2,3)4;1-5-6-7(2,3)4;1-5-6(2,3)4/h10-11H,5-9H2,1-4H3;11H,4-10H2,1-3H3;9-10H,7-8H2,1-6H3;10H,6-9H2,1-5H3;8-9H,7H2,1-6H3;9H,6-8H2,1-5H3;5-8H2,1-4H3;5-6H2,1-4H3;5H2,1-4H3. The van der Waals surface area contributed by atoms with Gasteiger partial charge in [0.25, 0.3) is 0 Å². The van der Waals surface area contributed by atoms with Crippen LogP contribution in [0.25, 0.3) is 0 Å². The van der Waals surface area contributed by atoms with Gasteiger partial charge in [0.15, 0.2) is 0 Å². The van der Waals surface area contributed by atoms with E-state index in [1.165, 1.54) is 44.9 Å². The van der Waals surface area contributed by atoms with E-state index in [1.54, 1.807) is 0 Å². The lowest BCUT2D eigenvalue weighted by molar-refractivity contribution is -0.154. The second-order valence-corrected chi connectivity index (χ2v) is 43.7. The molecule has 2 saturated carbocycles. The van der Waals surface area contributed by atoms with Gasteiger partial charge in [0.2, 0.25) is 0 Å². The van der Waals surface area contributed by atoms with Gasteiger partial charge in [-0.2, -0.15) is 0 Å². The Bertz CT molecular complexity index is 2270. The predicted molar refractivity (Wildman–Crippen MR) is 466 cm³/mol. The first-order valence-electron chi connectivity index (χ1n) is 43.3. The van der Waals surface area contributed by atoms with Gasteiger partial charge in [-0.15, -0.1) is 0 Å². The number of carbonyl (C=O) groups is 7. The molecule has 110 heavy (non-hydrogen) atoms. The van der Waals surface area contributed by atoms with Crippen LogP contribution in [0.15, 0.2) is 0 Å². The highest BCUT2D eigenvalue weighted by atomic mass is 16.6. The normalized spacial score (nSPS) is 14.4. The van der Waals surface area contributed by atoms with Crippen LogP contribution < -0.4 is 0 Å². The maximum absolute atomic E-state index is 11.7. The Morgan fingerprint density at radius 3 is 0.945 bits per heavy atom. The quantitative estimate of drug-likeness (QED) is 0.0390. The molecule has 15 nitrogen and oxygen atoms in total. The van der Waals surface area contributed by atoms with Crippen molar-refractivity contribution in [2.75, 3.05) is 39.6 Å². The van der Waals surface area contributed by atoms with Crippen LogP contribution in [0.3, 0.4) is 0 Å². The fourth-order valence-corrected chi connectivity index (χ4v) is 10.6. The van der Waals surface area contributed by atoms with E-state index in [2.05, 4.69) is 180 Å². The van der Waals surface area contributed by atoms with Gasteiger partial charge in [-0.3, -0.25) is 28.8 Å². The summed E-state index contributed by atoms with van der Waals surface area (Å²) in [6.07, 6.45) is 23.3. The average Bonchev–Trinajstić information content (AvgIpc) is 1.70. The first-order chi connectivity index (χ1) is 49.5. The Balaban J connectivity index is -0.000000219. The van der Waals surface area contributed by atoms with E-state index in [-0.39, 0.29) is 112 Å². The third-order valence-electron chi connectivity index (χ3n) is 16.3. The third-order valence-corrected chi connectivity index (χ3v) is 16.3. The van der Waals surface area contributed by atoms with Crippen LogP contribution in [-0.2, 0) is 71.5 Å². The highest BCUT2D eigenvalue weighted by Gasteiger charge is 2.28. The van der Waals surface area contributed by atoms with Crippen LogP contribution in [0, 0.1) is 84.2 Å². The van der Waals surface area contributed by atoms with Gasteiger partial charge in [-0.1, -0.05) is 302 Å². The molecule has 0 radical (unpaired) electrons. The van der Waals surface area contributed by atoms with Crippen molar-refractivity contribution < 1.29 is 71.5 Å². The summed E-state index contributed by atoms with van der Waals surface area (Å²) in [5.74, 6) is 1.03. The molecule has 0 aromatic carbocycles. The molecule has 0 bridgehead atoms. The van der Waals surface area contributed by atoms with Gasteiger partial charge < -0.3 is 37.9 Å². The summed E-state index contributed by atoms with van der Waals surface area (Å²) >= 11 is 0. The zero-order valence-corrected chi connectivity index (χ0v) is 80.8. The number of ether oxygens (including phenoxy) is 8. The minimum absolute atomic E-state index is 0.0231. The van der Waals surface area contributed by atoms with E-state index in [4.69, 9.17) is 37.9 Å². The van der Waals surface area contributed by atoms with Crippen molar-refractivity contribution in [2.24, 2.45) is 84.2 Å². The first-order valence-corrected chi connectivity index (χ1v) is 43.3. The second-order valence-electron chi connectivity index (χ2n) is 43.7. The van der Waals surface area contributed by atoms with E-state index in [0.717, 1.165) is 83.5 Å². The number of esters is 7. The van der Waals surface area contributed by atoms with Crippen molar-refractivity contribution in [1.82, 2.24) is 0 Å². The lowest BCUT2D eigenvalue weighted by atomic mass is 9.89. The lowest BCUT2D eigenvalue weighted by Crippen LogP contribution is -2.24. The van der Waals surface area contributed by atoms with Crippen molar-refractivity contribution in [2.45, 2.75) is 450 Å². The minimum atomic E-state index is -0.275. The Kier molecular flexibility index (Phi) is 67.9. The van der Waals surface area contributed by atoms with Crippen LogP contribution >= 0.6 is 0 Å². The molecular formula is C95H190O15.